The van der Waals surface area contributed by atoms with Crippen LogP contribution in [-0.2, 0) is 0 Å². The van der Waals surface area contributed by atoms with Crippen molar-refractivity contribution >= 4 is 33.9 Å². The molecule has 0 atom stereocenters. The minimum Gasteiger partial charge on any atom is -0.497 e. The lowest BCUT2D eigenvalue weighted by Crippen LogP contribution is -1.99. The number of anilines is 2. The van der Waals surface area contributed by atoms with Crippen LogP contribution in [-0.4, -0.2) is 21.9 Å². The molecule has 2 aromatic heterocycles. The molecule has 1 N–H and O–H groups in total. The van der Waals surface area contributed by atoms with Crippen LogP contribution in [0.15, 0.2) is 67.1 Å². The second-order valence-electron chi connectivity index (χ2n) is 5.52. The molecule has 4 rings (SSSR count). The van der Waals surface area contributed by atoms with Gasteiger partial charge in [0.05, 0.1) is 18.3 Å². The van der Waals surface area contributed by atoms with Gasteiger partial charge in [0, 0.05) is 52.5 Å². The van der Waals surface area contributed by atoms with E-state index in [9.17, 15) is 0 Å². The number of pyridine rings is 1. The average Bonchev–Trinajstić information content (AvgIpc) is 3.16. The van der Waals surface area contributed by atoms with E-state index in [4.69, 9.17) is 16.3 Å². The number of hydrogen-bond donors (Lipinski definition) is 1. The molecule has 0 aliphatic heterocycles. The van der Waals surface area contributed by atoms with Gasteiger partial charge in [0.1, 0.15) is 5.75 Å². The molecule has 2 heterocycles. The van der Waals surface area contributed by atoms with Gasteiger partial charge in [-0.2, -0.15) is 5.10 Å². The number of hydrogen-bond acceptors (Lipinski definition) is 4. The summed E-state index contributed by atoms with van der Waals surface area (Å²) in [6.45, 7) is 0. The monoisotopic (exact) mass is 350 g/mol. The largest absolute Gasteiger partial charge is 0.497 e. The van der Waals surface area contributed by atoms with Crippen LogP contribution in [0.4, 0.5) is 11.4 Å². The van der Waals surface area contributed by atoms with Gasteiger partial charge < -0.3 is 10.1 Å². The van der Waals surface area contributed by atoms with E-state index in [1.807, 2.05) is 54.7 Å². The molecule has 124 valence electrons. The van der Waals surface area contributed by atoms with Crippen molar-refractivity contribution in [3.63, 3.8) is 0 Å². The van der Waals surface area contributed by atoms with Crippen LogP contribution in [0.25, 0.3) is 16.6 Å². The van der Waals surface area contributed by atoms with E-state index < -0.39 is 0 Å². The fourth-order valence-electron chi connectivity index (χ4n) is 2.71. The molecule has 0 radical (unpaired) electrons. The Bertz CT molecular complexity index is 1030. The summed E-state index contributed by atoms with van der Waals surface area (Å²) in [5.41, 5.74) is 3.59. The summed E-state index contributed by atoms with van der Waals surface area (Å²) in [4.78, 5) is 4.37. The first-order valence-corrected chi connectivity index (χ1v) is 8.11. The minimum absolute atomic E-state index is 0.666. The Hall–Kier alpha value is -3.05. The van der Waals surface area contributed by atoms with Crippen LogP contribution < -0.4 is 10.1 Å². The summed E-state index contributed by atoms with van der Waals surface area (Å²) in [6, 6.07) is 15.4. The molecule has 6 heteroatoms. The number of benzene rings is 2. The summed E-state index contributed by atoms with van der Waals surface area (Å²) in [6.07, 6.45) is 5.39. The highest BCUT2D eigenvalue weighted by Crippen LogP contribution is 2.30. The normalized spacial score (nSPS) is 10.8. The number of aromatic nitrogens is 3. The van der Waals surface area contributed by atoms with Gasteiger partial charge >= 0.3 is 0 Å². The first-order valence-electron chi connectivity index (χ1n) is 7.73. The van der Waals surface area contributed by atoms with E-state index in [0.29, 0.717) is 5.02 Å². The third-order valence-electron chi connectivity index (χ3n) is 3.88. The maximum absolute atomic E-state index is 6.06. The summed E-state index contributed by atoms with van der Waals surface area (Å²) in [7, 11) is 1.65. The summed E-state index contributed by atoms with van der Waals surface area (Å²) >= 11 is 6.06. The maximum Gasteiger partial charge on any atom is 0.123 e. The first kappa shape index (κ1) is 15.5. The standard InChI is InChI=1S/C19H15ClN4O/c1-25-16-11-14(10-15(12-16)24-8-2-6-22-24)23-18-5-7-21-19-9-13(20)3-4-17(18)19/h2-12H,1H3,(H,21,23). The quantitative estimate of drug-likeness (QED) is 0.573. The van der Waals surface area contributed by atoms with E-state index in [2.05, 4.69) is 15.4 Å². The third-order valence-corrected chi connectivity index (χ3v) is 4.11. The Balaban J connectivity index is 1.77. The fourth-order valence-corrected chi connectivity index (χ4v) is 2.88. The molecule has 0 saturated carbocycles. The Kier molecular flexibility index (Phi) is 3.99. The van der Waals surface area contributed by atoms with Crippen molar-refractivity contribution in [3.8, 4) is 11.4 Å². The molecule has 0 amide bonds. The number of ether oxygens (including phenoxy) is 1. The van der Waals surface area contributed by atoms with Crippen molar-refractivity contribution in [2.24, 2.45) is 0 Å². The van der Waals surface area contributed by atoms with Crippen LogP contribution in [0, 0.1) is 0 Å². The van der Waals surface area contributed by atoms with E-state index >= 15 is 0 Å². The highest BCUT2D eigenvalue weighted by molar-refractivity contribution is 6.31. The highest BCUT2D eigenvalue weighted by Gasteiger charge is 2.07. The Labute approximate surface area is 149 Å². The molecule has 0 saturated heterocycles. The van der Waals surface area contributed by atoms with E-state index in [1.54, 1.807) is 24.2 Å². The second-order valence-corrected chi connectivity index (χ2v) is 5.95. The number of nitrogens with zero attached hydrogens (tertiary/aromatic N) is 3. The molecule has 0 aliphatic rings. The topological polar surface area (TPSA) is 52.0 Å². The molecular formula is C19H15ClN4O. The van der Waals surface area contributed by atoms with E-state index in [-0.39, 0.29) is 0 Å². The SMILES string of the molecule is COc1cc(Nc2ccnc3cc(Cl)ccc23)cc(-n2cccn2)c1. The number of rotatable bonds is 4. The van der Waals surface area contributed by atoms with Gasteiger partial charge in [0.15, 0.2) is 0 Å². The molecule has 25 heavy (non-hydrogen) atoms. The van der Waals surface area contributed by atoms with Gasteiger partial charge in [-0.3, -0.25) is 4.98 Å². The van der Waals surface area contributed by atoms with E-state index in [1.165, 1.54) is 0 Å². The Morgan fingerprint density at radius 2 is 2.00 bits per heavy atom. The summed E-state index contributed by atoms with van der Waals surface area (Å²) in [5, 5.41) is 9.38. The molecule has 0 aliphatic carbocycles. The predicted molar refractivity (Wildman–Crippen MR) is 100 cm³/mol. The van der Waals surface area contributed by atoms with Crippen molar-refractivity contribution < 1.29 is 4.74 Å². The number of fused-ring (bicyclic) bond motifs is 1. The zero-order valence-corrected chi connectivity index (χ0v) is 14.2. The van der Waals surface area contributed by atoms with Gasteiger partial charge in [-0.05, 0) is 36.4 Å². The lowest BCUT2D eigenvalue weighted by atomic mass is 10.1. The number of nitrogens with one attached hydrogen (secondary N) is 1. The van der Waals surface area contributed by atoms with Crippen molar-refractivity contribution in [1.29, 1.82) is 0 Å². The fraction of sp³-hybridized carbons (Fsp3) is 0.0526. The zero-order chi connectivity index (χ0) is 17.2. The molecule has 5 nitrogen and oxygen atoms in total. The summed E-state index contributed by atoms with van der Waals surface area (Å²) < 4.78 is 7.21. The van der Waals surface area contributed by atoms with Gasteiger partial charge in [-0.25, -0.2) is 4.68 Å². The van der Waals surface area contributed by atoms with Crippen LogP contribution in [0.5, 0.6) is 5.75 Å². The molecule has 4 aromatic rings. The van der Waals surface area contributed by atoms with E-state index in [0.717, 1.165) is 33.7 Å². The maximum atomic E-state index is 6.06. The molecule has 0 fully saturated rings. The van der Waals surface area contributed by atoms with Crippen LogP contribution in [0.3, 0.4) is 0 Å². The Morgan fingerprint density at radius 3 is 2.80 bits per heavy atom. The minimum atomic E-state index is 0.666. The lowest BCUT2D eigenvalue weighted by molar-refractivity contribution is 0.414. The zero-order valence-electron chi connectivity index (χ0n) is 13.5. The van der Waals surface area contributed by atoms with Gasteiger partial charge in [0.25, 0.3) is 0 Å². The lowest BCUT2D eigenvalue weighted by Gasteiger charge is -2.13. The smallest absolute Gasteiger partial charge is 0.123 e. The van der Waals surface area contributed by atoms with Crippen LogP contribution in [0.1, 0.15) is 0 Å². The molecule has 2 aromatic carbocycles. The molecule has 0 spiro atoms. The summed E-state index contributed by atoms with van der Waals surface area (Å²) in [5.74, 6) is 0.747. The first-order chi connectivity index (χ1) is 12.2. The number of halogens is 1. The molecule has 0 bridgehead atoms. The van der Waals surface area contributed by atoms with Gasteiger partial charge in [-0.15, -0.1) is 0 Å². The van der Waals surface area contributed by atoms with Gasteiger partial charge in [0.2, 0.25) is 0 Å². The molecular weight excluding hydrogens is 336 g/mol. The Morgan fingerprint density at radius 1 is 1.08 bits per heavy atom. The van der Waals surface area contributed by atoms with Crippen molar-refractivity contribution in [2.75, 3.05) is 12.4 Å². The van der Waals surface area contributed by atoms with Crippen molar-refractivity contribution in [1.82, 2.24) is 14.8 Å². The van der Waals surface area contributed by atoms with Crippen LogP contribution >= 0.6 is 11.6 Å². The molecule has 0 unspecified atom stereocenters. The number of methoxy groups -OCH3 is 1. The predicted octanol–water partition coefficient (Wildman–Crippen LogP) is 4.83. The van der Waals surface area contributed by atoms with Crippen LogP contribution in [0.2, 0.25) is 5.02 Å². The third kappa shape index (κ3) is 3.14. The van der Waals surface area contributed by atoms with Crippen molar-refractivity contribution in [2.45, 2.75) is 0 Å². The second kappa shape index (κ2) is 6.45. The average molecular weight is 351 g/mol. The highest BCUT2D eigenvalue weighted by atomic mass is 35.5. The van der Waals surface area contributed by atoms with Crippen molar-refractivity contribution in [3.05, 3.63) is 72.1 Å². The van der Waals surface area contributed by atoms with Gasteiger partial charge in [-0.1, -0.05) is 11.6 Å².